The van der Waals surface area contributed by atoms with Crippen LogP contribution in [0.1, 0.15) is 11.1 Å². The van der Waals surface area contributed by atoms with Crippen LogP contribution in [-0.2, 0) is 12.4 Å². The Labute approximate surface area is 131 Å². The molecule has 0 N–H and O–H groups in total. The molecule has 0 aliphatic carbocycles. The highest BCUT2D eigenvalue weighted by Crippen LogP contribution is 2.42. The third kappa shape index (κ3) is 3.14. The maximum absolute atomic E-state index is 13.9. The van der Waals surface area contributed by atoms with E-state index in [-0.39, 0.29) is 6.07 Å². The Balaban J connectivity index is 2.93. The Morgan fingerprint density at radius 1 is 0.560 bits per heavy atom. The highest BCUT2D eigenvalue weighted by atomic mass is 19.4. The Bertz CT molecular complexity index is 830. The highest BCUT2D eigenvalue weighted by Gasteiger charge is 2.43. The Morgan fingerprint density at radius 3 is 1.60 bits per heavy atom. The Kier molecular flexibility index (Phi) is 4.47. The van der Waals surface area contributed by atoms with Crippen molar-refractivity contribution in [1.82, 2.24) is 0 Å². The maximum Gasteiger partial charge on any atom is 0.422 e. The summed E-state index contributed by atoms with van der Waals surface area (Å²) in [6.45, 7) is 0. The van der Waals surface area contributed by atoms with Crippen LogP contribution in [0.15, 0.2) is 18.2 Å². The second-order valence-electron chi connectivity index (χ2n) is 4.67. The fourth-order valence-electron chi connectivity index (χ4n) is 2.06. The van der Waals surface area contributed by atoms with Crippen LogP contribution < -0.4 is 0 Å². The van der Waals surface area contributed by atoms with Crippen LogP contribution in [0, 0.1) is 29.1 Å². The van der Waals surface area contributed by atoms with Crippen LogP contribution in [-0.4, -0.2) is 0 Å². The van der Waals surface area contributed by atoms with E-state index in [1.165, 1.54) is 0 Å². The normalized spacial score (nSPS) is 12.6. The molecule has 136 valence electrons. The number of benzene rings is 2. The topological polar surface area (TPSA) is 0 Å². The summed E-state index contributed by atoms with van der Waals surface area (Å²) in [5.74, 6) is -13.4. The number of alkyl halides is 6. The van der Waals surface area contributed by atoms with E-state index in [4.69, 9.17) is 0 Å². The molecule has 0 atom stereocenters. The van der Waals surface area contributed by atoms with Crippen molar-refractivity contribution in [2.45, 2.75) is 12.4 Å². The molecule has 2 aromatic rings. The Hall–Kier alpha value is -2.33. The van der Waals surface area contributed by atoms with E-state index in [0.29, 0.717) is 12.1 Å². The predicted octanol–water partition coefficient (Wildman–Crippen LogP) is 6.09. The first-order valence-corrected chi connectivity index (χ1v) is 6.07. The first-order valence-electron chi connectivity index (χ1n) is 6.07. The van der Waals surface area contributed by atoms with Gasteiger partial charge in [-0.1, -0.05) is 12.1 Å². The van der Waals surface area contributed by atoms with E-state index in [2.05, 4.69) is 0 Å². The van der Waals surface area contributed by atoms with Gasteiger partial charge in [-0.3, -0.25) is 0 Å². The summed E-state index contributed by atoms with van der Waals surface area (Å²) in [4.78, 5) is 0. The molecular weight excluding hydrogens is 377 g/mol. The molecule has 2 rings (SSSR count). The molecule has 0 aromatic heterocycles. The molecule has 11 heteroatoms. The molecule has 0 saturated heterocycles. The molecule has 0 bridgehead atoms. The molecule has 0 saturated carbocycles. The lowest BCUT2D eigenvalue weighted by atomic mass is 9.97. The first-order chi connectivity index (χ1) is 11.3. The van der Waals surface area contributed by atoms with E-state index >= 15 is 0 Å². The molecule has 0 aliphatic heterocycles. The summed E-state index contributed by atoms with van der Waals surface area (Å²) in [5.41, 5.74) is -8.69. The molecule has 0 spiro atoms. The lowest BCUT2D eigenvalue weighted by Crippen LogP contribution is -2.16. The largest absolute Gasteiger partial charge is 0.422 e. The monoisotopic (exact) mass is 380 g/mol. The molecule has 0 radical (unpaired) electrons. The van der Waals surface area contributed by atoms with E-state index in [1.54, 1.807) is 0 Å². The van der Waals surface area contributed by atoms with Crippen molar-refractivity contribution in [3.63, 3.8) is 0 Å². The summed E-state index contributed by atoms with van der Waals surface area (Å²) in [5, 5.41) is 0. The molecule has 0 fully saturated rings. The second kappa shape index (κ2) is 5.88. The molecule has 0 heterocycles. The summed E-state index contributed by atoms with van der Waals surface area (Å²) in [7, 11) is 0. The van der Waals surface area contributed by atoms with Gasteiger partial charge in [0.15, 0.2) is 17.5 Å². The zero-order valence-corrected chi connectivity index (χ0v) is 11.4. The van der Waals surface area contributed by atoms with Crippen molar-refractivity contribution in [3.8, 4) is 11.1 Å². The van der Waals surface area contributed by atoms with Gasteiger partial charge in [0.1, 0.15) is 17.2 Å². The van der Waals surface area contributed by atoms with Gasteiger partial charge >= 0.3 is 12.4 Å². The van der Waals surface area contributed by atoms with Gasteiger partial charge in [-0.05, 0) is 6.07 Å². The third-order valence-electron chi connectivity index (χ3n) is 3.12. The van der Waals surface area contributed by atoms with Gasteiger partial charge in [0.05, 0.1) is 11.1 Å². The van der Waals surface area contributed by atoms with Gasteiger partial charge in [0, 0.05) is 5.56 Å². The smallest absolute Gasteiger partial charge is 0.206 e. The fourth-order valence-corrected chi connectivity index (χ4v) is 2.06. The van der Waals surface area contributed by atoms with E-state index < -0.39 is 63.7 Å². The molecule has 0 unspecified atom stereocenters. The summed E-state index contributed by atoms with van der Waals surface area (Å²) in [6.07, 6.45) is -11.2. The van der Waals surface area contributed by atoms with Crippen molar-refractivity contribution in [1.29, 1.82) is 0 Å². The van der Waals surface area contributed by atoms with Crippen molar-refractivity contribution >= 4 is 0 Å². The van der Waals surface area contributed by atoms with Crippen LogP contribution >= 0.6 is 0 Å². The SMILES string of the molecule is Fc1c(-c2c(F)c(F)c(F)c(C(F)(F)F)c2F)cccc1C(F)(F)F. The van der Waals surface area contributed by atoms with E-state index in [1.807, 2.05) is 0 Å². The average Bonchev–Trinajstić information content (AvgIpc) is 2.44. The molecule has 2 aromatic carbocycles. The van der Waals surface area contributed by atoms with Crippen LogP contribution in [0.3, 0.4) is 0 Å². The van der Waals surface area contributed by atoms with Gasteiger partial charge in [-0.25, -0.2) is 22.0 Å². The van der Waals surface area contributed by atoms with Crippen molar-refractivity contribution < 1.29 is 48.3 Å². The van der Waals surface area contributed by atoms with Gasteiger partial charge in [0.25, 0.3) is 0 Å². The second-order valence-corrected chi connectivity index (χ2v) is 4.67. The van der Waals surface area contributed by atoms with Crippen molar-refractivity contribution in [2.24, 2.45) is 0 Å². The minimum Gasteiger partial charge on any atom is -0.206 e. The zero-order chi connectivity index (χ0) is 19.3. The summed E-state index contributed by atoms with van der Waals surface area (Å²) >= 11 is 0. The van der Waals surface area contributed by atoms with Crippen molar-refractivity contribution in [2.75, 3.05) is 0 Å². The van der Waals surface area contributed by atoms with Gasteiger partial charge in [-0.2, -0.15) is 26.3 Å². The van der Waals surface area contributed by atoms with Crippen LogP contribution in [0.4, 0.5) is 48.3 Å². The number of halogens is 11. The summed E-state index contributed by atoms with van der Waals surface area (Å²) in [6, 6.07) is 0.886. The third-order valence-corrected chi connectivity index (χ3v) is 3.12. The maximum atomic E-state index is 13.9. The highest BCUT2D eigenvalue weighted by molar-refractivity contribution is 5.68. The Morgan fingerprint density at radius 2 is 1.12 bits per heavy atom. The van der Waals surface area contributed by atoms with E-state index in [9.17, 15) is 48.3 Å². The molecular formula is C14H3F11. The first kappa shape index (κ1) is 19.0. The molecule has 0 aliphatic rings. The fraction of sp³-hybridized carbons (Fsp3) is 0.143. The van der Waals surface area contributed by atoms with Crippen LogP contribution in [0.25, 0.3) is 11.1 Å². The average molecular weight is 380 g/mol. The van der Waals surface area contributed by atoms with Crippen molar-refractivity contribution in [3.05, 3.63) is 58.4 Å². The quantitative estimate of drug-likeness (QED) is 0.319. The van der Waals surface area contributed by atoms with E-state index in [0.717, 1.165) is 0 Å². The van der Waals surface area contributed by atoms with Crippen LogP contribution in [0.2, 0.25) is 0 Å². The summed E-state index contributed by atoms with van der Waals surface area (Å²) < 4.78 is 144. The predicted molar refractivity (Wildman–Crippen MR) is 61.7 cm³/mol. The number of hydrogen-bond donors (Lipinski definition) is 0. The minimum atomic E-state index is -5.85. The standard InChI is InChI=1S/C14H3F11/c15-8-4(2-1-3-5(8)13(20,21)22)6-9(16)7(14(23,24)25)11(18)12(19)10(6)17/h1-3H. The van der Waals surface area contributed by atoms with Gasteiger partial charge in [-0.15, -0.1) is 0 Å². The van der Waals surface area contributed by atoms with Gasteiger partial charge in [0.2, 0.25) is 0 Å². The molecule has 0 amide bonds. The van der Waals surface area contributed by atoms with Crippen LogP contribution in [0.5, 0.6) is 0 Å². The van der Waals surface area contributed by atoms with Gasteiger partial charge < -0.3 is 0 Å². The minimum absolute atomic E-state index is 0.152. The number of rotatable bonds is 1. The lowest BCUT2D eigenvalue weighted by Gasteiger charge is -2.16. The zero-order valence-electron chi connectivity index (χ0n) is 11.4. The lowest BCUT2D eigenvalue weighted by molar-refractivity contribution is -0.143. The molecule has 25 heavy (non-hydrogen) atoms. The number of hydrogen-bond acceptors (Lipinski definition) is 0. The molecule has 0 nitrogen and oxygen atoms in total.